The second-order valence-electron chi connectivity index (χ2n) is 8.82. The topological polar surface area (TPSA) is 0 Å². The van der Waals surface area contributed by atoms with Crippen LogP contribution in [-0.2, 0) is 0 Å². The molecule has 0 spiro atoms. The highest BCUT2D eigenvalue weighted by molar-refractivity contribution is 6.99. The smallest absolute Gasteiger partial charge is 0.0655 e. The molecular formula is C22H34Si. The first kappa shape index (κ1) is 18.3. The quantitative estimate of drug-likeness (QED) is 0.565. The minimum atomic E-state index is -1.83. The van der Waals surface area contributed by atoms with Gasteiger partial charge in [0.1, 0.15) is 8.07 Å². The van der Waals surface area contributed by atoms with E-state index in [0.29, 0.717) is 11.0 Å². The van der Waals surface area contributed by atoms with Crippen LogP contribution in [-0.4, -0.2) is 8.07 Å². The molecule has 0 radical (unpaired) electrons. The van der Waals surface area contributed by atoms with Gasteiger partial charge < -0.3 is 0 Å². The van der Waals surface area contributed by atoms with Gasteiger partial charge in [-0.3, -0.25) is 0 Å². The number of hydrogen-bond acceptors (Lipinski definition) is 0. The van der Waals surface area contributed by atoms with Crippen LogP contribution in [0.5, 0.6) is 0 Å². The van der Waals surface area contributed by atoms with Crippen molar-refractivity contribution in [2.75, 3.05) is 0 Å². The third-order valence-corrected chi connectivity index (χ3v) is 12.8. The van der Waals surface area contributed by atoms with Gasteiger partial charge in [-0.15, -0.1) is 0 Å². The molecule has 0 amide bonds. The van der Waals surface area contributed by atoms with Gasteiger partial charge in [0, 0.05) is 0 Å². The molecule has 0 aromatic heterocycles. The molecule has 0 bridgehead atoms. The average molecular weight is 327 g/mol. The summed E-state index contributed by atoms with van der Waals surface area (Å²) in [5.41, 5.74) is 7.46. The van der Waals surface area contributed by atoms with Crippen LogP contribution in [0.15, 0.2) is 40.1 Å². The predicted octanol–water partition coefficient (Wildman–Crippen LogP) is 6.23. The predicted molar refractivity (Wildman–Crippen MR) is 107 cm³/mol. The summed E-state index contributed by atoms with van der Waals surface area (Å²) >= 11 is 0. The van der Waals surface area contributed by atoms with Gasteiger partial charge in [0.05, 0.1) is 0 Å². The molecule has 0 saturated heterocycles. The highest BCUT2D eigenvalue weighted by Gasteiger charge is 2.48. The van der Waals surface area contributed by atoms with Crippen molar-refractivity contribution in [2.45, 2.75) is 73.9 Å². The van der Waals surface area contributed by atoms with Gasteiger partial charge in [-0.05, 0) is 51.1 Å². The lowest BCUT2D eigenvalue weighted by molar-refractivity contribution is 0.715. The molecule has 0 aliphatic heterocycles. The summed E-state index contributed by atoms with van der Waals surface area (Å²) < 4.78 is 0. The van der Waals surface area contributed by atoms with E-state index in [-0.39, 0.29) is 0 Å². The van der Waals surface area contributed by atoms with E-state index in [1.165, 1.54) is 16.7 Å². The first-order valence-electron chi connectivity index (χ1n) is 8.89. The van der Waals surface area contributed by atoms with Gasteiger partial charge in [-0.2, -0.15) is 0 Å². The fourth-order valence-corrected chi connectivity index (χ4v) is 9.47. The molecule has 1 aromatic carbocycles. The molecule has 0 N–H and O–H groups in total. The van der Waals surface area contributed by atoms with Crippen molar-refractivity contribution < 1.29 is 0 Å². The number of aryl methyl sites for hydroxylation is 2. The third-order valence-electron chi connectivity index (χ3n) is 6.48. The lowest BCUT2D eigenvalue weighted by Crippen LogP contribution is -2.56. The molecule has 1 aliphatic carbocycles. The molecule has 126 valence electrons. The first-order valence-corrected chi connectivity index (χ1v) is 11.4. The Labute approximate surface area is 144 Å². The highest BCUT2D eigenvalue weighted by Crippen LogP contribution is 2.49. The molecule has 2 atom stereocenters. The summed E-state index contributed by atoms with van der Waals surface area (Å²) in [6, 6.07) is 7.22. The Hall–Kier alpha value is -1.08. The van der Waals surface area contributed by atoms with E-state index in [2.05, 4.69) is 87.1 Å². The largest absolute Gasteiger partial charge is 0.116 e. The Morgan fingerprint density at radius 1 is 0.826 bits per heavy atom. The van der Waals surface area contributed by atoms with Crippen molar-refractivity contribution >= 4 is 13.3 Å². The van der Waals surface area contributed by atoms with Crippen LogP contribution >= 0.6 is 0 Å². The van der Waals surface area contributed by atoms with Crippen LogP contribution in [0.1, 0.15) is 59.6 Å². The van der Waals surface area contributed by atoms with Gasteiger partial charge in [-0.25, -0.2) is 0 Å². The standard InChI is InChI=1S/C22H34Si/c1-14-11-15(2)13-20(12-14)23(10,22(7,8)9)21-18(5)16(3)17(4)19(21)6/h11-13,18H,1-10H3. The van der Waals surface area contributed by atoms with Crippen LogP contribution < -0.4 is 5.19 Å². The Morgan fingerprint density at radius 2 is 1.30 bits per heavy atom. The van der Waals surface area contributed by atoms with Crippen molar-refractivity contribution in [1.82, 2.24) is 0 Å². The molecule has 1 aromatic rings. The van der Waals surface area contributed by atoms with E-state index in [1.807, 2.05) is 0 Å². The Bertz CT molecular complexity index is 677. The van der Waals surface area contributed by atoms with E-state index in [9.17, 15) is 0 Å². The van der Waals surface area contributed by atoms with Gasteiger partial charge in [0.25, 0.3) is 0 Å². The van der Waals surface area contributed by atoms with E-state index in [1.54, 1.807) is 21.5 Å². The van der Waals surface area contributed by atoms with Gasteiger partial charge in [0.2, 0.25) is 0 Å². The minimum Gasteiger partial charge on any atom is -0.0655 e. The van der Waals surface area contributed by atoms with Crippen molar-refractivity contribution in [3.05, 3.63) is 51.2 Å². The van der Waals surface area contributed by atoms with Crippen molar-refractivity contribution in [2.24, 2.45) is 5.92 Å². The van der Waals surface area contributed by atoms with E-state index >= 15 is 0 Å². The summed E-state index contributed by atoms with van der Waals surface area (Å²) in [5.74, 6) is 0.590. The molecule has 0 nitrogen and oxygen atoms in total. The lowest BCUT2D eigenvalue weighted by atomic mass is 10.1. The Balaban J connectivity index is 2.78. The SMILES string of the molecule is CC1=C(C)C(C)C([Si](C)(c2cc(C)cc(C)c2)C(C)(C)C)=C1C. The molecule has 2 rings (SSSR count). The number of hydrogen-bond donors (Lipinski definition) is 0. The third kappa shape index (κ3) is 2.78. The van der Waals surface area contributed by atoms with E-state index < -0.39 is 8.07 Å². The summed E-state index contributed by atoms with van der Waals surface area (Å²) in [6.45, 7) is 23.9. The van der Waals surface area contributed by atoms with Gasteiger partial charge in [0.15, 0.2) is 0 Å². The van der Waals surface area contributed by atoms with Crippen molar-refractivity contribution in [3.63, 3.8) is 0 Å². The van der Waals surface area contributed by atoms with Crippen LogP contribution in [0.25, 0.3) is 0 Å². The van der Waals surface area contributed by atoms with Crippen LogP contribution in [0, 0.1) is 19.8 Å². The maximum Gasteiger partial charge on any atom is 0.116 e. The monoisotopic (exact) mass is 326 g/mol. The molecule has 2 unspecified atom stereocenters. The second-order valence-corrected chi connectivity index (χ2v) is 13.7. The minimum absolute atomic E-state index is 0.295. The fourth-order valence-electron chi connectivity index (χ4n) is 4.43. The Morgan fingerprint density at radius 3 is 1.65 bits per heavy atom. The van der Waals surface area contributed by atoms with Crippen LogP contribution in [0.3, 0.4) is 0 Å². The summed E-state index contributed by atoms with van der Waals surface area (Å²) in [4.78, 5) is 0. The zero-order chi connectivity index (χ0) is 17.7. The molecule has 0 heterocycles. The number of allylic oxidation sites excluding steroid dienone is 4. The first-order chi connectivity index (χ1) is 10.4. The lowest BCUT2D eigenvalue weighted by Gasteiger charge is -2.44. The normalized spacial score (nSPS) is 21.9. The summed E-state index contributed by atoms with van der Waals surface area (Å²) in [6.07, 6.45) is 0. The summed E-state index contributed by atoms with van der Waals surface area (Å²) in [7, 11) is -1.83. The maximum absolute atomic E-state index is 2.60. The molecule has 23 heavy (non-hydrogen) atoms. The average Bonchev–Trinajstić information content (AvgIpc) is 2.60. The fraction of sp³-hybridized carbons (Fsp3) is 0.545. The van der Waals surface area contributed by atoms with Crippen LogP contribution in [0.4, 0.5) is 0 Å². The molecule has 0 saturated carbocycles. The zero-order valence-corrected chi connectivity index (χ0v) is 17.8. The van der Waals surface area contributed by atoms with Gasteiger partial charge >= 0.3 is 0 Å². The van der Waals surface area contributed by atoms with Crippen LogP contribution in [0.2, 0.25) is 11.6 Å². The second kappa shape index (κ2) is 5.77. The van der Waals surface area contributed by atoms with Gasteiger partial charge in [-0.1, -0.05) is 85.1 Å². The summed E-state index contributed by atoms with van der Waals surface area (Å²) in [5, 5.41) is 3.65. The molecule has 1 aliphatic rings. The molecule has 1 heteroatoms. The van der Waals surface area contributed by atoms with Crippen molar-refractivity contribution in [3.8, 4) is 0 Å². The number of benzene rings is 1. The van der Waals surface area contributed by atoms with E-state index in [4.69, 9.17) is 0 Å². The zero-order valence-electron chi connectivity index (χ0n) is 16.8. The number of rotatable bonds is 2. The molecular weight excluding hydrogens is 292 g/mol. The highest BCUT2D eigenvalue weighted by atomic mass is 28.3. The molecule has 0 fully saturated rings. The Kier molecular flexibility index (Phi) is 4.58. The van der Waals surface area contributed by atoms with Crippen molar-refractivity contribution in [1.29, 1.82) is 0 Å². The van der Waals surface area contributed by atoms with E-state index in [0.717, 1.165) is 0 Å². The maximum atomic E-state index is 2.60.